The van der Waals surface area contributed by atoms with E-state index in [1.165, 1.54) is 6.92 Å². The monoisotopic (exact) mass is 388 g/mol. The molecule has 7 heteroatoms. The van der Waals surface area contributed by atoms with E-state index >= 15 is 0 Å². The smallest absolute Gasteiger partial charge is 0.325 e. The first-order valence-electron chi connectivity index (χ1n) is 5.40. The lowest BCUT2D eigenvalue weighted by atomic mass is 10.1. The molecule has 0 radical (unpaired) electrons. The topological polar surface area (TPSA) is 82.2 Å². The van der Waals surface area contributed by atoms with E-state index in [0.717, 1.165) is 19.8 Å². The van der Waals surface area contributed by atoms with Crippen molar-refractivity contribution in [3.8, 4) is 0 Å². The quantitative estimate of drug-likeness (QED) is 0.754. The molecule has 0 aliphatic rings. The zero-order chi connectivity index (χ0) is 14.2. The first kappa shape index (κ1) is 14.1. The van der Waals surface area contributed by atoms with Gasteiger partial charge in [0.25, 0.3) is 5.91 Å². The van der Waals surface area contributed by atoms with Gasteiger partial charge in [-0.05, 0) is 50.9 Å². The van der Waals surface area contributed by atoms with E-state index in [-0.39, 0.29) is 0 Å². The first-order valence-corrected chi connectivity index (χ1v) is 6.98. The number of carbonyl (C=O) groups is 2. The minimum atomic E-state index is -1.07. The lowest BCUT2D eigenvalue weighted by molar-refractivity contribution is -0.138. The van der Waals surface area contributed by atoms with Crippen LogP contribution in [-0.2, 0) is 4.79 Å². The number of benzene rings is 1. The van der Waals surface area contributed by atoms with Gasteiger partial charge in [-0.3, -0.25) is 9.59 Å². The molecule has 2 aromatic rings. The number of H-pyrrole nitrogens is 1. The number of aromatic amines is 1. The van der Waals surface area contributed by atoms with Crippen LogP contribution < -0.4 is 5.32 Å². The van der Waals surface area contributed by atoms with E-state index in [9.17, 15) is 9.59 Å². The molecule has 1 unspecified atom stereocenters. The van der Waals surface area contributed by atoms with E-state index < -0.39 is 17.9 Å². The van der Waals surface area contributed by atoms with Gasteiger partial charge in [0, 0.05) is 26.0 Å². The van der Waals surface area contributed by atoms with Crippen LogP contribution >= 0.6 is 31.9 Å². The zero-order valence-corrected chi connectivity index (χ0v) is 13.0. The van der Waals surface area contributed by atoms with Gasteiger partial charge in [-0.2, -0.15) is 0 Å². The second-order valence-corrected chi connectivity index (χ2v) is 5.76. The molecule has 19 heavy (non-hydrogen) atoms. The Morgan fingerprint density at radius 1 is 1.32 bits per heavy atom. The molecule has 0 fully saturated rings. The first-order chi connectivity index (χ1) is 8.90. The summed E-state index contributed by atoms with van der Waals surface area (Å²) >= 11 is 6.75. The SMILES string of the molecule is CC(NC(=O)c1c[nH]c2cc(Br)c(Br)cc12)C(=O)O. The van der Waals surface area contributed by atoms with Gasteiger partial charge in [-0.15, -0.1) is 0 Å². The van der Waals surface area contributed by atoms with E-state index in [2.05, 4.69) is 42.2 Å². The van der Waals surface area contributed by atoms with Gasteiger partial charge in [0.2, 0.25) is 0 Å². The van der Waals surface area contributed by atoms with E-state index in [0.29, 0.717) is 5.56 Å². The molecule has 0 aliphatic heterocycles. The van der Waals surface area contributed by atoms with Crippen LogP contribution in [0.15, 0.2) is 27.3 Å². The van der Waals surface area contributed by atoms with Crippen LogP contribution in [0.2, 0.25) is 0 Å². The van der Waals surface area contributed by atoms with Crippen LogP contribution in [0.4, 0.5) is 0 Å². The summed E-state index contributed by atoms with van der Waals surface area (Å²) in [5.41, 5.74) is 1.21. The maximum absolute atomic E-state index is 12.0. The molecule has 1 amide bonds. The Bertz CT molecular complexity index is 666. The molecule has 1 atom stereocenters. The van der Waals surface area contributed by atoms with Crippen molar-refractivity contribution >= 4 is 54.6 Å². The highest BCUT2D eigenvalue weighted by Crippen LogP contribution is 2.30. The summed E-state index contributed by atoms with van der Waals surface area (Å²) in [6.45, 7) is 1.42. The highest BCUT2D eigenvalue weighted by Gasteiger charge is 2.18. The number of amides is 1. The summed E-state index contributed by atoms with van der Waals surface area (Å²) in [5.74, 6) is -1.49. The van der Waals surface area contributed by atoms with Crippen molar-refractivity contribution in [1.82, 2.24) is 10.3 Å². The molecule has 3 N–H and O–H groups in total. The van der Waals surface area contributed by atoms with Crippen molar-refractivity contribution in [2.75, 3.05) is 0 Å². The minimum Gasteiger partial charge on any atom is -0.480 e. The predicted octanol–water partition coefficient (Wildman–Crippen LogP) is 2.90. The number of rotatable bonds is 3. The van der Waals surface area contributed by atoms with E-state index in [4.69, 9.17) is 5.11 Å². The molecular weight excluding hydrogens is 380 g/mol. The Balaban J connectivity index is 2.38. The lowest BCUT2D eigenvalue weighted by Crippen LogP contribution is -2.38. The Morgan fingerprint density at radius 3 is 2.58 bits per heavy atom. The third-order valence-corrected chi connectivity index (χ3v) is 4.53. The largest absolute Gasteiger partial charge is 0.480 e. The number of fused-ring (bicyclic) bond motifs is 1. The molecule has 0 saturated carbocycles. The average molecular weight is 390 g/mol. The summed E-state index contributed by atoms with van der Waals surface area (Å²) in [6.07, 6.45) is 1.56. The highest BCUT2D eigenvalue weighted by molar-refractivity contribution is 9.13. The number of hydrogen-bond acceptors (Lipinski definition) is 2. The summed E-state index contributed by atoms with van der Waals surface area (Å²) in [7, 11) is 0. The molecule has 0 saturated heterocycles. The number of halogens is 2. The van der Waals surface area contributed by atoms with Crippen LogP contribution in [0.3, 0.4) is 0 Å². The maximum atomic E-state index is 12.0. The predicted molar refractivity (Wildman–Crippen MR) is 78.3 cm³/mol. The van der Waals surface area contributed by atoms with Gasteiger partial charge in [0.05, 0.1) is 5.56 Å². The molecular formula is C12H10Br2N2O3. The standard InChI is InChI=1S/C12H10Br2N2O3/c1-5(12(18)19)16-11(17)7-4-15-10-3-9(14)8(13)2-6(7)10/h2-5,15H,1H3,(H,16,17)(H,18,19). The van der Waals surface area contributed by atoms with Gasteiger partial charge in [0.1, 0.15) is 6.04 Å². The molecule has 2 rings (SSSR count). The zero-order valence-electron chi connectivity index (χ0n) is 9.83. The fourth-order valence-electron chi connectivity index (χ4n) is 1.64. The molecule has 100 valence electrons. The Hall–Kier alpha value is -1.34. The van der Waals surface area contributed by atoms with Crippen molar-refractivity contribution in [1.29, 1.82) is 0 Å². The summed E-state index contributed by atoms with van der Waals surface area (Å²) in [6, 6.07) is 2.71. The molecule has 0 spiro atoms. The number of hydrogen-bond donors (Lipinski definition) is 3. The van der Waals surface area contributed by atoms with Crippen LogP contribution in [0, 0.1) is 0 Å². The Morgan fingerprint density at radius 2 is 1.95 bits per heavy atom. The summed E-state index contributed by atoms with van der Waals surface area (Å²) < 4.78 is 1.69. The number of carboxylic acid groups (broad SMARTS) is 1. The molecule has 1 aromatic carbocycles. The van der Waals surface area contributed by atoms with Gasteiger partial charge < -0.3 is 15.4 Å². The number of nitrogens with one attached hydrogen (secondary N) is 2. The van der Waals surface area contributed by atoms with E-state index in [1.54, 1.807) is 12.3 Å². The molecule has 1 aromatic heterocycles. The molecule has 5 nitrogen and oxygen atoms in total. The molecule has 1 heterocycles. The number of carboxylic acids is 1. The van der Waals surface area contributed by atoms with Crippen molar-refractivity contribution in [2.45, 2.75) is 13.0 Å². The fraction of sp³-hybridized carbons (Fsp3) is 0.167. The summed E-state index contributed by atoms with van der Waals surface area (Å²) in [5, 5.41) is 11.9. The Kier molecular flexibility index (Phi) is 3.96. The third-order valence-electron chi connectivity index (χ3n) is 2.69. The van der Waals surface area contributed by atoms with Gasteiger partial charge in [-0.25, -0.2) is 0 Å². The number of aliphatic carboxylic acids is 1. The summed E-state index contributed by atoms with van der Waals surface area (Å²) in [4.78, 5) is 25.7. The molecule has 0 bridgehead atoms. The van der Waals surface area contributed by atoms with Crippen molar-refractivity contribution in [3.63, 3.8) is 0 Å². The van der Waals surface area contributed by atoms with Crippen molar-refractivity contribution in [3.05, 3.63) is 32.8 Å². The minimum absolute atomic E-state index is 0.413. The second-order valence-electron chi connectivity index (χ2n) is 4.05. The van der Waals surface area contributed by atoms with Crippen LogP contribution in [-0.4, -0.2) is 28.0 Å². The van der Waals surface area contributed by atoms with Crippen molar-refractivity contribution in [2.24, 2.45) is 0 Å². The van der Waals surface area contributed by atoms with Gasteiger partial charge >= 0.3 is 5.97 Å². The number of aromatic nitrogens is 1. The van der Waals surface area contributed by atoms with Crippen molar-refractivity contribution < 1.29 is 14.7 Å². The molecule has 0 aliphatic carbocycles. The highest BCUT2D eigenvalue weighted by atomic mass is 79.9. The van der Waals surface area contributed by atoms with Crippen LogP contribution in [0.5, 0.6) is 0 Å². The van der Waals surface area contributed by atoms with E-state index in [1.807, 2.05) is 6.07 Å². The average Bonchev–Trinajstić information content (AvgIpc) is 2.72. The number of carbonyl (C=O) groups excluding carboxylic acids is 1. The Labute approximate surface area is 125 Å². The normalized spacial score (nSPS) is 12.4. The third kappa shape index (κ3) is 2.82. The fourth-order valence-corrected chi connectivity index (χ4v) is 2.33. The van der Waals surface area contributed by atoms with Gasteiger partial charge in [-0.1, -0.05) is 0 Å². The van der Waals surface area contributed by atoms with Gasteiger partial charge in [0.15, 0.2) is 0 Å². The van der Waals surface area contributed by atoms with Crippen LogP contribution in [0.1, 0.15) is 17.3 Å². The second kappa shape index (κ2) is 5.34. The maximum Gasteiger partial charge on any atom is 0.325 e. The lowest BCUT2D eigenvalue weighted by Gasteiger charge is -2.08. The van der Waals surface area contributed by atoms with Crippen LogP contribution in [0.25, 0.3) is 10.9 Å².